The number of aromatic nitrogens is 4. The number of esters is 1. The molecular weight excluding hydrogens is 408 g/mol. The fourth-order valence-electron chi connectivity index (χ4n) is 3.75. The van der Waals surface area contributed by atoms with Crippen LogP contribution >= 0.6 is 0 Å². The predicted octanol–water partition coefficient (Wildman–Crippen LogP) is 3.76. The van der Waals surface area contributed by atoms with Gasteiger partial charge in [0.2, 0.25) is 0 Å². The van der Waals surface area contributed by atoms with E-state index in [2.05, 4.69) is 20.4 Å². The molecule has 1 atom stereocenters. The summed E-state index contributed by atoms with van der Waals surface area (Å²) in [4.78, 5) is 25.2. The Morgan fingerprint density at radius 3 is 2.31 bits per heavy atom. The van der Waals surface area contributed by atoms with Gasteiger partial charge in [0.05, 0.1) is 24.4 Å². The molecule has 0 saturated carbocycles. The molecule has 32 heavy (non-hydrogen) atoms. The van der Waals surface area contributed by atoms with E-state index in [1.54, 1.807) is 30.5 Å². The summed E-state index contributed by atoms with van der Waals surface area (Å²) in [6, 6.07) is 12.4. The van der Waals surface area contributed by atoms with Crippen LogP contribution in [0.1, 0.15) is 49.9 Å². The van der Waals surface area contributed by atoms with E-state index in [1.165, 1.54) is 7.11 Å². The third-order valence-electron chi connectivity index (χ3n) is 5.49. The van der Waals surface area contributed by atoms with Crippen molar-refractivity contribution < 1.29 is 14.3 Å². The average Bonchev–Trinajstić information content (AvgIpc) is 3.35. The lowest BCUT2D eigenvalue weighted by Crippen LogP contribution is -2.15. The normalized spacial score (nSPS) is 11.9. The number of nitrogens with zero attached hydrogens (tertiary/aromatic N) is 1. The lowest BCUT2D eigenvalue weighted by molar-refractivity contribution is 0.0729. The standard InChI is InChI=1S/C24H24N4O4/c1-13-5-7-16(8-6-13)24(30)32-19-10-9-17(11-20(19)31-4)22(18-12-25-26-14(18)2)21-15(3)27-28-23(21)29/h5-12,22H,1-4H3,(H,25,26)(H2,27,28,29)/t22-/m0/s1. The van der Waals surface area contributed by atoms with Gasteiger partial charge in [-0.05, 0) is 50.6 Å². The van der Waals surface area contributed by atoms with Crippen molar-refractivity contribution in [3.8, 4) is 11.5 Å². The molecule has 8 nitrogen and oxygen atoms in total. The van der Waals surface area contributed by atoms with Crippen molar-refractivity contribution in [3.05, 3.63) is 98.2 Å². The number of ether oxygens (including phenoxy) is 2. The van der Waals surface area contributed by atoms with Gasteiger partial charge in [-0.1, -0.05) is 23.8 Å². The highest BCUT2D eigenvalue weighted by molar-refractivity contribution is 5.91. The molecule has 0 radical (unpaired) electrons. The van der Waals surface area contributed by atoms with Crippen molar-refractivity contribution in [1.29, 1.82) is 0 Å². The highest BCUT2D eigenvalue weighted by Crippen LogP contribution is 2.37. The fourth-order valence-corrected chi connectivity index (χ4v) is 3.75. The summed E-state index contributed by atoms with van der Waals surface area (Å²) in [5.74, 6) is -0.182. The summed E-state index contributed by atoms with van der Waals surface area (Å²) in [6.07, 6.45) is 1.71. The number of methoxy groups -OCH3 is 1. The van der Waals surface area contributed by atoms with Gasteiger partial charge in [0.25, 0.3) is 5.56 Å². The topological polar surface area (TPSA) is 113 Å². The van der Waals surface area contributed by atoms with Crippen LogP contribution in [0.5, 0.6) is 11.5 Å². The summed E-state index contributed by atoms with van der Waals surface area (Å²) >= 11 is 0. The number of hydrogen-bond acceptors (Lipinski definition) is 5. The molecule has 4 rings (SSSR count). The molecule has 0 amide bonds. The monoisotopic (exact) mass is 432 g/mol. The molecular formula is C24H24N4O4. The van der Waals surface area contributed by atoms with Crippen LogP contribution in [0.4, 0.5) is 0 Å². The number of carbonyl (C=O) groups is 1. The van der Waals surface area contributed by atoms with Crippen LogP contribution in [0.2, 0.25) is 0 Å². The molecule has 0 fully saturated rings. The summed E-state index contributed by atoms with van der Waals surface area (Å²) in [7, 11) is 1.51. The molecule has 3 N–H and O–H groups in total. The Morgan fingerprint density at radius 1 is 0.969 bits per heavy atom. The molecule has 0 spiro atoms. The maximum atomic E-state index is 12.6. The number of H-pyrrole nitrogens is 3. The second-order valence-corrected chi connectivity index (χ2v) is 7.67. The van der Waals surface area contributed by atoms with E-state index in [0.717, 1.165) is 28.1 Å². The predicted molar refractivity (Wildman–Crippen MR) is 120 cm³/mol. The second-order valence-electron chi connectivity index (χ2n) is 7.67. The minimum Gasteiger partial charge on any atom is -0.493 e. The third-order valence-corrected chi connectivity index (χ3v) is 5.49. The number of carbonyl (C=O) groups excluding carboxylic acids is 1. The Bertz CT molecular complexity index is 1310. The highest BCUT2D eigenvalue weighted by Gasteiger charge is 2.27. The van der Waals surface area contributed by atoms with Gasteiger partial charge in [-0.15, -0.1) is 0 Å². The van der Waals surface area contributed by atoms with Gasteiger partial charge in [0.1, 0.15) is 0 Å². The molecule has 2 aromatic heterocycles. The molecule has 8 heteroatoms. The van der Waals surface area contributed by atoms with Gasteiger partial charge in [0.15, 0.2) is 11.5 Å². The van der Waals surface area contributed by atoms with Crippen molar-refractivity contribution >= 4 is 5.97 Å². The van der Waals surface area contributed by atoms with E-state index < -0.39 is 5.97 Å². The summed E-state index contributed by atoms with van der Waals surface area (Å²) < 4.78 is 11.1. The third kappa shape index (κ3) is 3.94. The van der Waals surface area contributed by atoms with E-state index in [-0.39, 0.29) is 11.5 Å². The van der Waals surface area contributed by atoms with Gasteiger partial charge >= 0.3 is 5.97 Å². The van der Waals surface area contributed by atoms with Crippen molar-refractivity contribution in [2.45, 2.75) is 26.7 Å². The fraction of sp³-hybridized carbons (Fsp3) is 0.208. The molecule has 2 aromatic carbocycles. The summed E-state index contributed by atoms with van der Waals surface area (Å²) in [5.41, 5.74) is 5.13. The lowest BCUT2D eigenvalue weighted by Gasteiger charge is -2.18. The second kappa shape index (κ2) is 8.58. The van der Waals surface area contributed by atoms with Gasteiger partial charge in [-0.2, -0.15) is 5.10 Å². The van der Waals surface area contributed by atoms with E-state index in [4.69, 9.17) is 9.47 Å². The summed E-state index contributed by atoms with van der Waals surface area (Å²) in [5, 5.41) is 12.6. The molecule has 2 heterocycles. The number of hydrogen-bond donors (Lipinski definition) is 3. The zero-order chi connectivity index (χ0) is 22.8. The van der Waals surface area contributed by atoms with Crippen LogP contribution in [-0.2, 0) is 0 Å². The number of nitrogens with one attached hydrogen (secondary N) is 3. The Kier molecular flexibility index (Phi) is 5.68. The molecule has 0 aliphatic rings. The minimum absolute atomic E-state index is 0.207. The Labute approximate surface area is 184 Å². The quantitative estimate of drug-likeness (QED) is 0.317. The molecule has 4 aromatic rings. The molecule has 0 bridgehead atoms. The molecule has 0 unspecified atom stereocenters. The minimum atomic E-state index is -0.476. The van der Waals surface area contributed by atoms with Crippen LogP contribution < -0.4 is 15.0 Å². The van der Waals surface area contributed by atoms with Crippen molar-refractivity contribution in [3.63, 3.8) is 0 Å². The molecule has 0 saturated heterocycles. The number of benzene rings is 2. The van der Waals surface area contributed by atoms with Gasteiger partial charge in [0, 0.05) is 22.9 Å². The van der Waals surface area contributed by atoms with E-state index in [0.29, 0.717) is 22.6 Å². The smallest absolute Gasteiger partial charge is 0.343 e. The first kappa shape index (κ1) is 21.2. The lowest BCUT2D eigenvalue weighted by atomic mass is 9.85. The zero-order valence-electron chi connectivity index (χ0n) is 18.3. The maximum Gasteiger partial charge on any atom is 0.343 e. The van der Waals surface area contributed by atoms with Crippen LogP contribution in [0.25, 0.3) is 0 Å². The first-order valence-corrected chi connectivity index (χ1v) is 10.1. The van der Waals surface area contributed by atoms with E-state index >= 15 is 0 Å². The largest absolute Gasteiger partial charge is 0.493 e. The number of rotatable bonds is 6. The van der Waals surface area contributed by atoms with Crippen molar-refractivity contribution in [2.75, 3.05) is 7.11 Å². The van der Waals surface area contributed by atoms with Crippen LogP contribution in [0, 0.1) is 20.8 Å². The van der Waals surface area contributed by atoms with Crippen molar-refractivity contribution in [2.24, 2.45) is 0 Å². The number of aromatic amines is 3. The van der Waals surface area contributed by atoms with E-state index in [1.807, 2.05) is 39.0 Å². The number of aryl methyl sites for hydroxylation is 3. The van der Waals surface area contributed by atoms with Crippen LogP contribution in [0.3, 0.4) is 0 Å². The average molecular weight is 432 g/mol. The van der Waals surface area contributed by atoms with Gasteiger partial charge in [-0.3, -0.25) is 15.0 Å². The molecule has 0 aliphatic carbocycles. The Hall–Kier alpha value is -4.07. The van der Waals surface area contributed by atoms with Gasteiger partial charge in [-0.25, -0.2) is 4.79 Å². The molecule has 164 valence electrons. The zero-order valence-corrected chi connectivity index (χ0v) is 18.3. The molecule has 0 aliphatic heterocycles. The SMILES string of the molecule is COc1cc([C@@H](c2cn[nH]c2C)c2c(C)[nH][nH]c2=O)ccc1OC(=O)c1ccc(C)cc1. The first-order valence-electron chi connectivity index (χ1n) is 10.1. The Balaban J connectivity index is 1.74. The van der Waals surface area contributed by atoms with Crippen LogP contribution in [0.15, 0.2) is 53.5 Å². The Morgan fingerprint density at radius 2 is 1.72 bits per heavy atom. The first-order chi connectivity index (χ1) is 15.4. The van der Waals surface area contributed by atoms with E-state index in [9.17, 15) is 9.59 Å². The summed E-state index contributed by atoms with van der Waals surface area (Å²) in [6.45, 7) is 5.69. The highest BCUT2D eigenvalue weighted by atomic mass is 16.6. The van der Waals surface area contributed by atoms with Crippen molar-refractivity contribution in [1.82, 2.24) is 20.4 Å². The van der Waals surface area contributed by atoms with Crippen LogP contribution in [-0.4, -0.2) is 33.5 Å². The maximum absolute atomic E-state index is 12.6. The van der Waals surface area contributed by atoms with Gasteiger partial charge < -0.3 is 14.6 Å².